The van der Waals surface area contributed by atoms with Crippen molar-refractivity contribution < 1.29 is 14.3 Å². The van der Waals surface area contributed by atoms with Crippen molar-refractivity contribution in [3.8, 4) is 5.75 Å². The highest BCUT2D eigenvalue weighted by atomic mass is 16.5. The van der Waals surface area contributed by atoms with Gasteiger partial charge in [0.25, 0.3) is 0 Å². The smallest absolute Gasteiger partial charge is 0.331 e. The quantitative estimate of drug-likeness (QED) is 0.354. The minimum absolute atomic E-state index is 0.0210. The number of rotatable bonds is 7. The predicted octanol–water partition coefficient (Wildman–Crippen LogP) is 6.49. The van der Waals surface area contributed by atoms with Gasteiger partial charge in [-0.2, -0.15) is 0 Å². The number of benzene rings is 3. The van der Waals surface area contributed by atoms with Crippen LogP contribution in [0.15, 0.2) is 78.9 Å². The summed E-state index contributed by atoms with van der Waals surface area (Å²) in [5, 5.41) is 3.43. The van der Waals surface area contributed by atoms with E-state index in [1.54, 1.807) is 13.2 Å². The summed E-state index contributed by atoms with van der Waals surface area (Å²) in [5.74, 6) is 0.525. The van der Waals surface area contributed by atoms with Crippen molar-refractivity contribution in [2.75, 3.05) is 12.4 Å². The Bertz CT molecular complexity index is 1030. The molecule has 0 heterocycles. The Balaban J connectivity index is 1.60. The first-order valence-electron chi connectivity index (χ1n) is 10.3. The average molecular weight is 416 g/mol. The zero-order chi connectivity index (χ0) is 22.3. The molecule has 0 unspecified atom stereocenters. The lowest BCUT2D eigenvalue weighted by atomic mass is 9.86. The average Bonchev–Trinajstić information content (AvgIpc) is 2.77. The van der Waals surface area contributed by atoms with E-state index >= 15 is 0 Å². The summed E-state index contributed by atoms with van der Waals surface area (Å²) in [4.78, 5) is 11.9. The summed E-state index contributed by atoms with van der Waals surface area (Å²) < 4.78 is 10.8. The summed E-state index contributed by atoms with van der Waals surface area (Å²) in [6.07, 6.45) is 3.20. The van der Waals surface area contributed by atoms with Crippen LogP contribution in [0, 0.1) is 0 Å². The Morgan fingerprint density at radius 2 is 1.61 bits per heavy atom. The molecule has 0 fully saturated rings. The van der Waals surface area contributed by atoms with Crippen LogP contribution < -0.4 is 10.1 Å². The van der Waals surface area contributed by atoms with Crippen LogP contribution in [0.5, 0.6) is 5.75 Å². The standard InChI is InChI=1S/C27H29NO3/c1-27(2,3)24-18-23(15-16-25(24)30-4)28-22-13-10-20(11-14-22)12-17-26(29)31-19-21-8-6-5-7-9-21/h5-18,28H,19H2,1-4H3/b17-12+. The van der Waals surface area contributed by atoms with Gasteiger partial charge in [0.1, 0.15) is 12.4 Å². The molecule has 31 heavy (non-hydrogen) atoms. The van der Waals surface area contributed by atoms with E-state index in [-0.39, 0.29) is 18.0 Å². The Kier molecular flexibility index (Phi) is 7.14. The molecule has 0 saturated carbocycles. The van der Waals surface area contributed by atoms with E-state index in [4.69, 9.17) is 9.47 Å². The fourth-order valence-corrected chi connectivity index (χ4v) is 3.16. The van der Waals surface area contributed by atoms with Gasteiger partial charge in [-0.1, -0.05) is 63.2 Å². The molecular formula is C27H29NO3. The number of methoxy groups -OCH3 is 1. The van der Waals surface area contributed by atoms with E-state index in [1.807, 2.05) is 66.7 Å². The number of ether oxygens (including phenoxy) is 2. The Labute approximate surface area is 184 Å². The second kappa shape index (κ2) is 9.98. The fraction of sp³-hybridized carbons (Fsp3) is 0.222. The number of hydrogen-bond donors (Lipinski definition) is 1. The van der Waals surface area contributed by atoms with Crippen molar-refractivity contribution >= 4 is 23.4 Å². The molecule has 0 atom stereocenters. The molecule has 0 radical (unpaired) electrons. The molecular weight excluding hydrogens is 386 g/mol. The molecule has 160 valence electrons. The number of carbonyl (C=O) groups is 1. The van der Waals surface area contributed by atoms with E-state index in [1.165, 1.54) is 6.08 Å². The van der Waals surface area contributed by atoms with E-state index in [0.29, 0.717) is 0 Å². The molecule has 3 aromatic rings. The van der Waals surface area contributed by atoms with E-state index in [0.717, 1.165) is 33.8 Å². The van der Waals surface area contributed by atoms with Crippen LogP contribution in [0.25, 0.3) is 6.08 Å². The molecule has 0 aromatic heterocycles. The Hall–Kier alpha value is -3.53. The first kappa shape index (κ1) is 22.2. The number of anilines is 2. The molecule has 0 bridgehead atoms. The van der Waals surface area contributed by atoms with Crippen molar-refractivity contribution in [1.82, 2.24) is 0 Å². The first-order valence-corrected chi connectivity index (χ1v) is 10.3. The first-order chi connectivity index (χ1) is 14.8. The van der Waals surface area contributed by atoms with Gasteiger partial charge >= 0.3 is 5.97 Å². The number of carbonyl (C=O) groups excluding carboxylic acids is 1. The maximum atomic E-state index is 11.9. The highest BCUT2D eigenvalue weighted by Crippen LogP contribution is 2.34. The van der Waals surface area contributed by atoms with Crippen LogP contribution in [-0.4, -0.2) is 13.1 Å². The predicted molar refractivity (Wildman–Crippen MR) is 127 cm³/mol. The number of hydrogen-bond acceptors (Lipinski definition) is 4. The van der Waals surface area contributed by atoms with Gasteiger partial charge in [-0.05, 0) is 52.9 Å². The zero-order valence-electron chi connectivity index (χ0n) is 18.5. The zero-order valence-corrected chi connectivity index (χ0v) is 18.5. The van der Waals surface area contributed by atoms with Crippen molar-refractivity contribution in [3.63, 3.8) is 0 Å². The SMILES string of the molecule is COc1ccc(Nc2ccc(/C=C/C(=O)OCc3ccccc3)cc2)cc1C(C)(C)C. The van der Waals surface area contributed by atoms with Gasteiger partial charge < -0.3 is 14.8 Å². The minimum atomic E-state index is -0.362. The van der Waals surface area contributed by atoms with Gasteiger partial charge in [0.2, 0.25) is 0 Å². The van der Waals surface area contributed by atoms with Gasteiger partial charge in [-0.15, -0.1) is 0 Å². The third kappa shape index (κ3) is 6.48. The molecule has 3 aromatic carbocycles. The lowest BCUT2D eigenvalue weighted by Gasteiger charge is -2.23. The van der Waals surface area contributed by atoms with Crippen LogP contribution in [-0.2, 0) is 21.6 Å². The molecule has 0 spiro atoms. The third-order valence-electron chi connectivity index (χ3n) is 4.84. The molecule has 0 aliphatic heterocycles. The summed E-state index contributed by atoms with van der Waals surface area (Å²) in [7, 11) is 1.70. The summed E-state index contributed by atoms with van der Waals surface area (Å²) in [5.41, 5.74) is 4.98. The van der Waals surface area contributed by atoms with E-state index in [9.17, 15) is 4.79 Å². The van der Waals surface area contributed by atoms with Crippen LogP contribution in [0.4, 0.5) is 11.4 Å². The van der Waals surface area contributed by atoms with Crippen LogP contribution >= 0.6 is 0 Å². The monoisotopic (exact) mass is 415 g/mol. The maximum Gasteiger partial charge on any atom is 0.331 e. The molecule has 0 aliphatic carbocycles. The number of esters is 1. The summed E-state index contributed by atoms with van der Waals surface area (Å²) >= 11 is 0. The molecule has 4 nitrogen and oxygen atoms in total. The molecule has 1 N–H and O–H groups in total. The minimum Gasteiger partial charge on any atom is -0.496 e. The van der Waals surface area contributed by atoms with Gasteiger partial charge in [0, 0.05) is 23.0 Å². The van der Waals surface area contributed by atoms with Crippen LogP contribution in [0.2, 0.25) is 0 Å². The van der Waals surface area contributed by atoms with Crippen LogP contribution in [0.3, 0.4) is 0 Å². The lowest BCUT2D eigenvalue weighted by molar-refractivity contribution is -0.138. The highest BCUT2D eigenvalue weighted by molar-refractivity contribution is 5.87. The third-order valence-corrected chi connectivity index (χ3v) is 4.84. The van der Waals surface area contributed by atoms with E-state index < -0.39 is 0 Å². The van der Waals surface area contributed by atoms with E-state index in [2.05, 4.69) is 32.2 Å². The fourth-order valence-electron chi connectivity index (χ4n) is 3.16. The summed E-state index contributed by atoms with van der Waals surface area (Å²) in [6, 6.07) is 23.6. The Morgan fingerprint density at radius 3 is 2.26 bits per heavy atom. The normalized spacial score (nSPS) is 11.4. The maximum absolute atomic E-state index is 11.9. The van der Waals surface area contributed by atoms with Crippen LogP contribution in [0.1, 0.15) is 37.5 Å². The second-order valence-electron chi connectivity index (χ2n) is 8.34. The van der Waals surface area contributed by atoms with Gasteiger partial charge in [-0.25, -0.2) is 4.79 Å². The lowest BCUT2D eigenvalue weighted by Crippen LogP contribution is -2.13. The Morgan fingerprint density at radius 1 is 0.935 bits per heavy atom. The molecule has 0 aliphatic rings. The van der Waals surface area contributed by atoms with Gasteiger partial charge in [-0.3, -0.25) is 0 Å². The molecule has 4 heteroatoms. The van der Waals surface area contributed by atoms with Crippen molar-refractivity contribution in [2.24, 2.45) is 0 Å². The molecule has 3 rings (SSSR count). The number of nitrogens with one attached hydrogen (secondary N) is 1. The molecule has 0 saturated heterocycles. The largest absolute Gasteiger partial charge is 0.496 e. The van der Waals surface area contributed by atoms with Gasteiger partial charge in [0.05, 0.1) is 7.11 Å². The topological polar surface area (TPSA) is 47.6 Å². The van der Waals surface area contributed by atoms with Crippen molar-refractivity contribution in [1.29, 1.82) is 0 Å². The second-order valence-corrected chi connectivity index (χ2v) is 8.34. The summed E-state index contributed by atoms with van der Waals surface area (Å²) in [6.45, 7) is 6.77. The van der Waals surface area contributed by atoms with Gasteiger partial charge in [0.15, 0.2) is 0 Å². The molecule has 0 amide bonds. The van der Waals surface area contributed by atoms with Crippen molar-refractivity contribution in [2.45, 2.75) is 32.8 Å². The van der Waals surface area contributed by atoms with Crippen molar-refractivity contribution in [3.05, 3.63) is 95.6 Å². The highest BCUT2D eigenvalue weighted by Gasteiger charge is 2.19.